The SMILES string of the molecule is COc1ccccc1CC(=O)N1CCC(n2c(-c3ccc4c(c3)OCO4)nc3cc(F)ccc32)CC1. The lowest BCUT2D eigenvalue weighted by Crippen LogP contribution is -2.40. The van der Waals surface area contributed by atoms with Gasteiger partial charge in [0.15, 0.2) is 11.5 Å². The molecule has 0 spiro atoms. The first-order valence-corrected chi connectivity index (χ1v) is 12.1. The van der Waals surface area contributed by atoms with Crippen LogP contribution in [0, 0.1) is 5.82 Å². The number of rotatable bonds is 5. The second kappa shape index (κ2) is 9.18. The van der Waals surface area contributed by atoms with Gasteiger partial charge in [-0.25, -0.2) is 9.37 Å². The molecular weight excluding hydrogens is 461 g/mol. The number of halogens is 1. The van der Waals surface area contributed by atoms with Gasteiger partial charge in [0.2, 0.25) is 12.7 Å². The van der Waals surface area contributed by atoms with Crippen LogP contribution in [0.3, 0.4) is 0 Å². The van der Waals surface area contributed by atoms with E-state index in [9.17, 15) is 9.18 Å². The van der Waals surface area contributed by atoms with E-state index in [1.807, 2.05) is 47.4 Å². The fourth-order valence-electron chi connectivity index (χ4n) is 5.18. The summed E-state index contributed by atoms with van der Waals surface area (Å²) in [6.07, 6.45) is 1.86. The molecule has 184 valence electrons. The number of carbonyl (C=O) groups is 1. The minimum Gasteiger partial charge on any atom is -0.496 e. The van der Waals surface area contributed by atoms with E-state index in [4.69, 9.17) is 19.2 Å². The van der Waals surface area contributed by atoms with Crippen LogP contribution in [0.2, 0.25) is 0 Å². The van der Waals surface area contributed by atoms with E-state index >= 15 is 0 Å². The molecule has 3 aromatic carbocycles. The molecule has 0 aliphatic carbocycles. The van der Waals surface area contributed by atoms with E-state index in [0.717, 1.165) is 41.1 Å². The fraction of sp³-hybridized carbons (Fsp3) is 0.286. The third kappa shape index (κ3) is 4.02. The maximum atomic E-state index is 14.0. The Balaban J connectivity index is 1.26. The van der Waals surface area contributed by atoms with Gasteiger partial charge in [0.05, 0.1) is 24.6 Å². The predicted molar refractivity (Wildman–Crippen MR) is 133 cm³/mol. The second-order valence-corrected chi connectivity index (χ2v) is 9.11. The number of aromatic nitrogens is 2. The molecule has 1 saturated heterocycles. The number of nitrogens with zero attached hydrogens (tertiary/aromatic N) is 3. The monoisotopic (exact) mass is 487 g/mol. The third-order valence-electron chi connectivity index (χ3n) is 7.00. The molecule has 0 unspecified atom stereocenters. The van der Waals surface area contributed by atoms with Crippen LogP contribution in [-0.2, 0) is 11.2 Å². The standard InChI is InChI=1S/C28H26FN3O4/c1-34-24-5-3-2-4-18(24)15-27(33)31-12-10-21(11-13-31)32-23-8-7-20(29)16-22(23)30-28(32)19-6-9-25-26(14-19)36-17-35-25/h2-9,14,16,21H,10-13,15,17H2,1H3. The molecule has 0 bridgehead atoms. The number of ether oxygens (including phenoxy) is 3. The van der Waals surface area contributed by atoms with E-state index in [0.29, 0.717) is 36.5 Å². The van der Waals surface area contributed by atoms with Gasteiger partial charge in [0, 0.05) is 36.3 Å². The molecule has 0 saturated carbocycles. The number of methoxy groups -OCH3 is 1. The third-order valence-corrected chi connectivity index (χ3v) is 7.00. The van der Waals surface area contributed by atoms with Gasteiger partial charge in [-0.3, -0.25) is 4.79 Å². The average molecular weight is 488 g/mol. The van der Waals surface area contributed by atoms with Gasteiger partial charge >= 0.3 is 0 Å². The lowest BCUT2D eigenvalue weighted by Gasteiger charge is -2.34. The summed E-state index contributed by atoms with van der Waals surface area (Å²) < 4.78 is 32.7. The summed E-state index contributed by atoms with van der Waals surface area (Å²) in [5.41, 5.74) is 3.26. The highest BCUT2D eigenvalue weighted by Crippen LogP contribution is 2.39. The van der Waals surface area contributed by atoms with Crippen molar-refractivity contribution in [3.05, 3.63) is 72.0 Å². The van der Waals surface area contributed by atoms with Crippen LogP contribution in [0.1, 0.15) is 24.4 Å². The Morgan fingerprint density at radius 1 is 1.06 bits per heavy atom. The van der Waals surface area contributed by atoms with Gasteiger partial charge in [0.25, 0.3) is 0 Å². The van der Waals surface area contributed by atoms with Crippen molar-refractivity contribution in [3.8, 4) is 28.6 Å². The topological polar surface area (TPSA) is 65.8 Å². The van der Waals surface area contributed by atoms with Gasteiger partial charge in [-0.15, -0.1) is 0 Å². The molecule has 36 heavy (non-hydrogen) atoms. The Kier molecular flexibility index (Phi) is 5.71. The minimum absolute atomic E-state index is 0.0894. The maximum Gasteiger partial charge on any atom is 0.231 e. The van der Waals surface area contributed by atoms with Crippen molar-refractivity contribution in [2.75, 3.05) is 27.0 Å². The van der Waals surface area contributed by atoms with E-state index < -0.39 is 0 Å². The van der Waals surface area contributed by atoms with Crippen molar-refractivity contribution >= 4 is 16.9 Å². The molecule has 0 N–H and O–H groups in total. The lowest BCUT2D eigenvalue weighted by molar-refractivity contribution is -0.131. The van der Waals surface area contributed by atoms with Gasteiger partial charge in [0.1, 0.15) is 17.4 Å². The average Bonchev–Trinajstić information content (AvgIpc) is 3.53. The van der Waals surface area contributed by atoms with Crippen molar-refractivity contribution < 1.29 is 23.4 Å². The van der Waals surface area contributed by atoms with Crippen LogP contribution in [0.15, 0.2) is 60.7 Å². The molecule has 4 aromatic rings. The van der Waals surface area contributed by atoms with E-state index in [2.05, 4.69) is 4.57 Å². The zero-order valence-electron chi connectivity index (χ0n) is 19.9. The molecule has 2 aliphatic heterocycles. The van der Waals surface area contributed by atoms with E-state index in [-0.39, 0.29) is 24.6 Å². The van der Waals surface area contributed by atoms with Gasteiger partial charge in [-0.1, -0.05) is 18.2 Å². The van der Waals surface area contributed by atoms with Crippen LogP contribution >= 0.6 is 0 Å². The first kappa shape index (κ1) is 22.4. The lowest BCUT2D eigenvalue weighted by atomic mass is 10.0. The summed E-state index contributed by atoms with van der Waals surface area (Å²) in [7, 11) is 1.62. The largest absolute Gasteiger partial charge is 0.496 e. The van der Waals surface area contributed by atoms with Crippen molar-refractivity contribution in [2.24, 2.45) is 0 Å². The van der Waals surface area contributed by atoms with Gasteiger partial charge < -0.3 is 23.7 Å². The zero-order valence-corrected chi connectivity index (χ0v) is 19.9. The van der Waals surface area contributed by atoms with Crippen LogP contribution in [0.25, 0.3) is 22.4 Å². The Bertz CT molecular complexity index is 1440. The van der Waals surface area contributed by atoms with E-state index in [1.54, 1.807) is 13.2 Å². The maximum absolute atomic E-state index is 14.0. The zero-order chi connectivity index (χ0) is 24.6. The molecule has 1 fully saturated rings. The number of amides is 1. The first-order valence-electron chi connectivity index (χ1n) is 12.1. The summed E-state index contributed by atoms with van der Waals surface area (Å²) in [4.78, 5) is 19.8. The van der Waals surface area contributed by atoms with Crippen molar-refractivity contribution in [2.45, 2.75) is 25.3 Å². The van der Waals surface area contributed by atoms with Crippen LogP contribution in [-0.4, -0.2) is 47.4 Å². The summed E-state index contributed by atoms with van der Waals surface area (Å²) in [6, 6.07) is 18.2. The number of carbonyl (C=O) groups excluding carboxylic acids is 1. The Morgan fingerprint density at radius 2 is 1.86 bits per heavy atom. The molecule has 0 atom stereocenters. The summed E-state index contributed by atoms with van der Waals surface area (Å²) >= 11 is 0. The molecule has 2 aliphatic rings. The summed E-state index contributed by atoms with van der Waals surface area (Å²) in [5, 5.41) is 0. The number of imidazole rings is 1. The van der Waals surface area contributed by atoms with E-state index in [1.165, 1.54) is 12.1 Å². The van der Waals surface area contributed by atoms with Crippen LogP contribution in [0.5, 0.6) is 17.2 Å². The number of hydrogen-bond acceptors (Lipinski definition) is 5. The molecule has 0 radical (unpaired) electrons. The van der Waals surface area contributed by atoms with Crippen molar-refractivity contribution in [1.29, 1.82) is 0 Å². The number of para-hydroxylation sites is 1. The highest BCUT2D eigenvalue weighted by molar-refractivity contribution is 5.82. The first-order chi connectivity index (χ1) is 17.6. The normalized spacial score (nSPS) is 15.4. The highest BCUT2D eigenvalue weighted by Gasteiger charge is 2.28. The molecule has 3 heterocycles. The Morgan fingerprint density at radius 3 is 2.69 bits per heavy atom. The molecule has 1 aromatic heterocycles. The van der Waals surface area contributed by atoms with Crippen molar-refractivity contribution in [3.63, 3.8) is 0 Å². The second-order valence-electron chi connectivity index (χ2n) is 9.11. The quantitative estimate of drug-likeness (QED) is 0.397. The molecule has 8 heteroatoms. The predicted octanol–water partition coefficient (Wildman–Crippen LogP) is 4.99. The smallest absolute Gasteiger partial charge is 0.231 e. The Labute approximate surface area is 208 Å². The minimum atomic E-state index is -0.318. The van der Waals surface area contributed by atoms with Crippen LogP contribution in [0.4, 0.5) is 4.39 Å². The number of benzene rings is 3. The molecular formula is C28H26FN3O4. The number of piperidine rings is 1. The number of fused-ring (bicyclic) bond motifs is 2. The fourth-order valence-corrected chi connectivity index (χ4v) is 5.18. The van der Waals surface area contributed by atoms with Crippen molar-refractivity contribution in [1.82, 2.24) is 14.5 Å². The molecule has 1 amide bonds. The highest BCUT2D eigenvalue weighted by atomic mass is 19.1. The molecule has 6 rings (SSSR count). The Hall–Kier alpha value is -4.07. The van der Waals surface area contributed by atoms with Gasteiger partial charge in [-0.05, 0) is 49.2 Å². The number of likely N-dealkylation sites (tertiary alicyclic amines) is 1. The molecule has 7 nitrogen and oxygen atoms in total. The summed E-state index contributed by atoms with van der Waals surface area (Å²) in [5.74, 6) is 2.63. The van der Waals surface area contributed by atoms with Gasteiger partial charge in [-0.2, -0.15) is 0 Å². The van der Waals surface area contributed by atoms with Crippen LogP contribution < -0.4 is 14.2 Å². The number of hydrogen-bond donors (Lipinski definition) is 0. The summed E-state index contributed by atoms with van der Waals surface area (Å²) in [6.45, 7) is 1.47.